The SMILES string of the molecule is CN1CCN(c2cccc(C3(N=C=O)CCC3)c2)C1=O. The molecular formula is C15H17N3O2. The molecule has 0 bridgehead atoms. The van der Waals surface area contributed by atoms with Gasteiger partial charge >= 0.3 is 6.03 Å². The van der Waals surface area contributed by atoms with Gasteiger partial charge < -0.3 is 4.90 Å². The normalized spacial score (nSPS) is 20.6. The fraction of sp³-hybridized carbons (Fsp3) is 0.467. The minimum atomic E-state index is -0.410. The van der Waals surface area contributed by atoms with E-state index in [1.807, 2.05) is 24.3 Å². The van der Waals surface area contributed by atoms with Crippen molar-refractivity contribution in [2.75, 3.05) is 25.0 Å². The highest BCUT2D eigenvalue weighted by atomic mass is 16.2. The first-order chi connectivity index (χ1) is 9.66. The highest BCUT2D eigenvalue weighted by Gasteiger charge is 2.39. The second kappa shape index (κ2) is 4.76. The van der Waals surface area contributed by atoms with Crippen LogP contribution in [0.15, 0.2) is 29.3 Å². The summed E-state index contributed by atoms with van der Waals surface area (Å²) in [7, 11) is 1.80. The van der Waals surface area contributed by atoms with E-state index in [9.17, 15) is 9.59 Å². The molecule has 0 aromatic heterocycles. The number of rotatable bonds is 3. The first-order valence-corrected chi connectivity index (χ1v) is 6.88. The van der Waals surface area contributed by atoms with Crippen molar-refractivity contribution in [3.05, 3.63) is 29.8 Å². The lowest BCUT2D eigenvalue weighted by Crippen LogP contribution is -2.33. The van der Waals surface area contributed by atoms with Crippen LogP contribution >= 0.6 is 0 Å². The van der Waals surface area contributed by atoms with Crippen LogP contribution < -0.4 is 4.90 Å². The summed E-state index contributed by atoms with van der Waals surface area (Å²) in [6.07, 6.45) is 4.52. The Balaban J connectivity index is 1.94. The number of likely N-dealkylation sites (N-methyl/N-ethyl adjacent to an activating group) is 1. The van der Waals surface area contributed by atoms with Gasteiger partial charge in [-0.15, -0.1) is 0 Å². The van der Waals surface area contributed by atoms with Crippen LogP contribution in [0.25, 0.3) is 0 Å². The van der Waals surface area contributed by atoms with Crippen LogP contribution in [0.4, 0.5) is 10.5 Å². The second-order valence-electron chi connectivity index (χ2n) is 5.49. The van der Waals surface area contributed by atoms with Gasteiger partial charge in [0.25, 0.3) is 0 Å². The monoisotopic (exact) mass is 271 g/mol. The molecule has 20 heavy (non-hydrogen) atoms. The summed E-state index contributed by atoms with van der Waals surface area (Å²) in [5.74, 6) is 0. The lowest BCUT2D eigenvalue weighted by molar-refractivity contribution is 0.229. The van der Waals surface area contributed by atoms with Gasteiger partial charge in [-0.2, -0.15) is 4.99 Å². The quantitative estimate of drug-likeness (QED) is 0.625. The van der Waals surface area contributed by atoms with Crippen molar-refractivity contribution < 1.29 is 9.59 Å². The maximum absolute atomic E-state index is 12.0. The second-order valence-corrected chi connectivity index (χ2v) is 5.49. The number of carbonyl (C=O) groups excluding carboxylic acids is 2. The zero-order chi connectivity index (χ0) is 14.2. The number of nitrogens with zero attached hydrogens (tertiary/aromatic N) is 3. The molecule has 0 N–H and O–H groups in total. The van der Waals surface area contributed by atoms with E-state index in [4.69, 9.17) is 0 Å². The van der Waals surface area contributed by atoms with Crippen LogP contribution in [-0.2, 0) is 10.3 Å². The third kappa shape index (κ3) is 1.91. The van der Waals surface area contributed by atoms with Crippen LogP contribution in [0.3, 0.4) is 0 Å². The summed E-state index contributed by atoms with van der Waals surface area (Å²) < 4.78 is 0. The highest BCUT2D eigenvalue weighted by Crippen LogP contribution is 2.45. The number of benzene rings is 1. The van der Waals surface area contributed by atoms with Crippen molar-refractivity contribution in [1.82, 2.24) is 4.90 Å². The molecule has 5 heteroatoms. The smallest absolute Gasteiger partial charge is 0.324 e. The van der Waals surface area contributed by atoms with Gasteiger partial charge in [-0.05, 0) is 37.0 Å². The fourth-order valence-corrected chi connectivity index (χ4v) is 2.91. The van der Waals surface area contributed by atoms with Crippen molar-refractivity contribution in [3.63, 3.8) is 0 Å². The average molecular weight is 271 g/mol. The van der Waals surface area contributed by atoms with Crippen molar-refractivity contribution in [2.24, 2.45) is 4.99 Å². The summed E-state index contributed by atoms with van der Waals surface area (Å²) in [5, 5.41) is 0. The standard InChI is InChI=1S/C15H17N3O2/c1-17-8-9-18(14(17)20)13-5-2-4-12(10-13)15(16-11-19)6-3-7-15/h2,4-5,10H,3,6-9H2,1H3. The number of carbonyl (C=O) groups is 1. The molecule has 2 amide bonds. The van der Waals surface area contributed by atoms with E-state index in [0.29, 0.717) is 6.54 Å². The Labute approximate surface area is 117 Å². The first kappa shape index (κ1) is 12.9. The van der Waals surface area contributed by atoms with Gasteiger partial charge in [0.15, 0.2) is 0 Å². The third-order valence-electron chi connectivity index (χ3n) is 4.35. The molecule has 0 atom stereocenters. The number of aliphatic imine (C=N–C) groups is 1. The Bertz CT molecular complexity index is 589. The van der Waals surface area contributed by atoms with Gasteiger partial charge in [-0.25, -0.2) is 9.59 Å². The molecule has 1 saturated carbocycles. The molecule has 1 heterocycles. The van der Waals surface area contributed by atoms with Crippen molar-refractivity contribution in [3.8, 4) is 0 Å². The molecule has 1 aliphatic heterocycles. The van der Waals surface area contributed by atoms with Crippen molar-refractivity contribution in [2.45, 2.75) is 24.8 Å². The number of hydrogen-bond donors (Lipinski definition) is 0. The van der Waals surface area contributed by atoms with E-state index in [2.05, 4.69) is 4.99 Å². The van der Waals surface area contributed by atoms with E-state index in [1.165, 1.54) is 0 Å². The molecule has 2 aliphatic rings. The summed E-state index contributed by atoms with van der Waals surface area (Å²) in [6.45, 7) is 1.43. The van der Waals surface area contributed by atoms with Gasteiger partial charge in [0.1, 0.15) is 0 Å². The molecular weight excluding hydrogens is 254 g/mol. The lowest BCUT2D eigenvalue weighted by Gasteiger charge is -2.37. The molecule has 5 nitrogen and oxygen atoms in total. The van der Waals surface area contributed by atoms with Gasteiger partial charge in [0, 0.05) is 25.8 Å². The summed E-state index contributed by atoms with van der Waals surface area (Å²) in [6, 6.07) is 7.84. The van der Waals surface area contributed by atoms with Crippen LogP contribution in [0.1, 0.15) is 24.8 Å². The molecule has 3 rings (SSSR count). The molecule has 1 saturated heterocycles. The Hall–Kier alpha value is -2.13. The van der Waals surface area contributed by atoms with E-state index < -0.39 is 5.54 Å². The number of anilines is 1. The molecule has 1 aliphatic carbocycles. The molecule has 2 fully saturated rings. The largest absolute Gasteiger partial charge is 0.326 e. The maximum atomic E-state index is 12.0. The van der Waals surface area contributed by atoms with Crippen LogP contribution in [0.5, 0.6) is 0 Å². The topological polar surface area (TPSA) is 53.0 Å². The van der Waals surface area contributed by atoms with E-state index in [-0.39, 0.29) is 6.03 Å². The Morgan fingerprint density at radius 1 is 1.30 bits per heavy atom. The predicted molar refractivity (Wildman–Crippen MR) is 75.5 cm³/mol. The first-order valence-electron chi connectivity index (χ1n) is 6.88. The molecule has 1 aromatic carbocycles. The molecule has 0 spiro atoms. The van der Waals surface area contributed by atoms with Gasteiger partial charge in [0.2, 0.25) is 6.08 Å². The Morgan fingerprint density at radius 3 is 2.65 bits per heavy atom. The lowest BCUT2D eigenvalue weighted by atomic mass is 9.72. The van der Waals surface area contributed by atoms with Gasteiger partial charge in [-0.1, -0.05) is 12.1 Å². The van der Waals surface area contributed by atoms with Gasteiger partial charge in [-0.3, -0.25) is 4.90 Å². The van der Waals surface area contributed by atoms with Crippen LogP contribution in [0, 0.1) is 0 Å². The fourth-order valence-electron chi connectivity index (χ4n) is 2.91. The minimum Gasteiger partial charge on any atom is -0.326 e. The number of amides is 2. The number of urea groups is 1. The highest BCUT2D eigenvalue weighted by molar-refractivity contribution is 5.94. The Kier molecular flexibility index (Phi) is 3.07. The van der Waals surface area contributed by atoms with E-state index >= 15 is 0 Å². The van der Waals surface area contributed by atoms with E-state index in [0.717, 1.165) is 37.1 Å². The zero-order valence-electron chi connectivity index (χ0n) is 11.5. The van der Waals surface area contributed by atoms with Crippen molar-refractivity contribution in [1.29, 1.82) is 0 Å². The van der Waals surface area contributed by atoms with E-state index in [1.54, 1.807) is 22.9 Å². The Morgan fingerprint density at radius 2 is 2.10 bits per heavy atom. The number of hydrogen-bond acceptors (Lipinski definition) is 3. The molecule has 0 unspecified atom stereocenters. The zero-order valence-corrected chi connectivity index (χ0v) is 11.5. The van der Waals surface area contributed by atoms with Crippen molar-refractivity contribution >= 4 is 17.8 Å². The molecule has 0 radical (unpaired) electrons. The van der Waals surface area contributed by atoms with Gasteiger partial charge in [0.05, 0.1) is 5.54 Å². The summed E-state index contributed by atoms with van der Waals surface area (Å²) >= 11 is 0. The molecule has 104 valence electrons. The van der Waals surface area contributed by atoms with Crippen LogP contribution in [0.2, 0.25) is 0 Å². The van der Waals surface area contributed by atoms with Crippen LogP contribution in [-0.4, -0.2) is 37.1 Å². The summed E-state index contributed by atoms with van der Waals surface area (Å²) in [5.41, 5.74) is 1.48. The maximum Gasteiger partial charge on any atom is 0.324 e. The minimum absolute atomic E-state index is 0.0173. The molecule has 1 aromatic rings. The predicted octanol–water partition coefficient (Wildman–Crippen LogP) is 2.27. The number of isocyanates is 1. The average Bonchev–Trinajstić information content (AvgIpc) is 2.75. The summed E-state index contributed by atoms with van der Waals surface area (Å²) in [4.78, 5) is 30.2. The third-order valence-corrected chi connectivity index (χ3v) is 4.35.